The summed E-state index contributed by atoms with van der Waals surface area (Å²) < 4.78 is 54.6. The number of halogens is 3. The third kappa shape index (κ3) is 9.34. The lowest BCUT2D eigenvalue weighted by Crippen LogP contribution is -2.58. The highest BCUT2D eigenvalue weighted by Crippen LogP contribution is 2.46. The minimum Gasteiger partial charge on any atom is -0.444 e. The van der Waals surface area contributed by atoms with Crippen molar-refractivity contribution in [2.45, 2.75) is 99.9 Å². The zero-order valence-electron chi connectivity index (χ0n) is 31.3. The highest BCUT2D eigenvalue weighted by Gasteiger charge is 2.62. The van der Waals surface area contributed by atoms with Crippen LogP contribution in [0.3, 0.4) is 0 Å². The van der Waals surface area contributed by atoms with E-state index in [9.17, 15) is 36.8 Å². The van der Waals surface area contributed by atoms with Crippen molar-refractivity contribution in [1.29, 1.82) is 0 Å². The van der Waals surface area contributed by atoms with Gasteiger partial charge in [-0.3, -0.25) is 14.4 Å². The van der Waals surface area contributed by atoms with E-state index in [0.29, 0.717) is 25.7 Å². The third-order valence-corrected chi connectivity index (χ3v) is 12.7. The summed E-state index contributed by atoms with van der Waals surface area (Å²) in [7, 11) is -4.53. The number of benzene rings is 1. The van der Waals surface area contributed by atoms with Gasteiger partial charge < -0.3 is 29.9 Å². The lowest BCUT2D eigenvalue weighted by Gasteiger charge is -2.30. The molecule has 2 saturated heterocycles. The van der Waals surface area contributed by atoms with E-state index in [4.69, 9.17) is 32.7 Å². The smallest absolute Gasteiger partial charge is 0.410 e. The molecule has 3 fully saturated rings. The van der Waals surface area contributed by atoms with E-state index < -0.39 is 86.0 Å². The Hall–Kier alpha value is -4.15. The van der Waals surface area contributed by atoms with Crippen LogP contribution in [0.4, 0.5) is 14.0 Å². The molecule has 0 radical (unpaired) electrons. The van der Waals surface area contributed by atoms with Gasteiger partial charge >= 0.3 is 12.2 Å². The second-order valence-corrected chi connectivity index (χ2v) is 18.4. The monoisotopic (exact) mass is 837 g/mol. The van der Waals surface area contributed by atoms with Gasteiger partial charge in [0.1, 0.15) is 40.0 Å². The Morgan fingerprint density at radius 3 is 2.54 bits per heavy atom. The van der Waals surface area contributed by atoms with E-state index in [-0.39, 0.29) is 60.7 Å². The Labute approximate surface area is 335 Å². The molecule has 1 aromatic rings. The summed E-state index contributed by atoms with van der Waals surface area (Å²) in [5, 5.41) is 5.38. The Morgan fingerprint density at radius 2 is 1.82 bits per heavy atom. The van der Waals surface area contributed by atoms with E-state index >= 15 is 0 Å². The van der Waals surface area contributed by atoms with Gasteiger partial charge in [-0.05, 0) is 70.7 Å². The number of nitrogens with one attached hydrogen (secondary N) is 3. The zero-order chi connectivity index (χ0) is 40.6. The fourth-order valence-electron chi connectivity index (χ4n) is 7.67. The lowest BCUT2D eigenvalue weighted by molar-refractivity contribution is -0.141. The van der Waals surface area contributed by atoms with Gasteiger partial charge in [-0.2, -0.15) is 0 Å². The molecule has 0 aromatic heterocycles. The molecule has 3 N–H and O–H groups in total. The number of amides is 5. The molecular formula is C38H46Cl2FN5O9S. The van der Waals surface area contributed by atoms with E-state index in [2.05, 4.69) is 15.4 Å². The van der Waals surface area contributed by atoms with E-state index in [1.807, 2.05) is 12.2 Å². The molecule has 1 saturated carbocycles. The molecule has 0 bridgehead atoms. The minimum atomic E-state index is -4.53. The van der Waals surface area contributed by atoms with Crippen molar-refractivity contribution in [2.75, 3.05) is 19.6 Å². The van der Waals surface area contributed by atoms with Gasteiger partial charge in [0.2, 0.25) is 11.8 Å². The minimum absolute atomic E-state index is 0.0591. The number of likely N-dealkylation sites (tertiary alicyclic amines) is 1. The predicted molar refractivity (Wildman–Crippen MR) is 203 cm³/mol. The quantitative estimate of drug-likeness (QED) is 0.338. The number of allylic oxidation sites excluding steroid dienone is 3. The van der Waals surface area contributed by atoms with Gasteiger partial charge in [0, 0.05) is 42.3 Å². The molecule has 14 nitrogen and oxygen atoms in total. The molecule has 1 aromatic carbocycles. The van der Waals surface area contributed by atoms with Crippen molar-refractivity contribution < 1.29 is 46.3 Å². The summed E-state index contributed by atoms with van der Waals surface area (Å²) in [4.78, 5) is 71.3. The lowest BCUT2D eigenvalue weighted by atomic mass is 9.91. The summed E-state index contributed by atoms with van der Waals surface area (Å²) in [6, 6.07) is 1.27. The molecule has 3 heterocycles. The SMILES string of the molecule is CC(C)(C)OC(=O)N[C@H]1CCCCC/C=C\[C@@H]2C[C@@]2(C(=O)NS(=O)(=O)c2ccc(Cl)cc2Cl)NC(=O)[C@@H]2C[C@@H](OC(=O)N3CC4C=CC=C(F)C4C3)CN2C1=O. The second kappa shape index (κ2) is 16.4. The molecule has 3 aliphatic heterocycles. The van der Waals surface area contributed by atoms with E-state index in [0.717, 1.165) is 6.07 Å². The first kappa shape index (κ1) is 41.5. The first-order valence-electron chi connectivity index (χ1n) is 18.7. The van der Waals surface area contributed by atoms with E-state index in [1.165, 1.54) is 28.0 Å². The first-order valence-corrected chi connectivity index (χ1v) is 20.9. The largest absolute Gasteiger partial charge is 0.444 e. The number of hydrogen-bond donors (Lipinski definition) is 3. The normalized spacial score (nSPS) is 30.0. The number of alkyl carbamates (subject to hydrolysis) is 1. The summed E-state index contributed by atoms with van der Waals surface area (Å²) in [6.07, 6.45) is 8.52. The number of carbonyl (C=O) groups excluding carboxylic acids is 5. The van der Waals surface area contributed by atoms with Crippen LogP contribution in [0.1, 0.15) is 65.7 Å². The standard InChI is InChI=1S/C38H46Cl2FN5O9S/c1-37(2,3)55-35(50)42-29-13-8-6-4-5-7-11-23-18-38(23,34(49)44-56(52,53)31-15-14-24(39)16-27(31)40)43-32(47)30-17-25(20-46(30)33(29)48)54-36(51)45-19-22-10-9-12-28(41)26(22)21-45/h7,9-12,14-16,22-23,25-26,29-30H,4-6,8,13,17-21H2,1-3H3,(H,42,50)(H,43,47)(H,44,49)/b11-7-/t22?,23-,25-,26?,29+,30+,38-/m1/s1. The average molecular weight is 839 g/mol. The zero-order valence-corrected chi connectivity index (χ0v) is 33.6. The summed E-state index contributed by atoms with van der Waals surface area (Å²) in [5.74, 6) is -4.07. The number of hydrogen-bond acceptors (Lipinski definition) is 9. The van der Waals surface area contributed by atoms with Gasteiger partial charge in [-0.15, -0.1) is 0 Å². The topological polar surface area (TPSA) is 181 Å². The Morgan fingerprint density at radius 1 is 1.05 bits per heavy atom. The Kier molecular flexibility index (Phi) is 12.1. The van der Waals surface area contributed by atoms with Gasteiger partial charge in [0.15, 0.2) is 0 Å². The van der Waals surface area contributed by atoms with Crippen molar-refractivity contribution in [1.82, 2.24) is 25.2 Å². The summed E-state index contributed by atoms with van der Waals surface area (Å²) in [5.41, 5.74) is -2.58. The average Bonchev–Trinajstić information content (AvgIpc) is 3.40. The van der Waals surface area contributed by atoms with Crippen molar-refractivity contribution in [2.24, 2.45) is 17.8 Å². The number of sulfonamides is 1. The van der Waals surface area contributed by atoms with Crippen molar-refractivity contribution in [3.8, 4) is 0 Å². The van der Waals surface area contributed by atoms with Crippen LogP contribution in [0.2, 0.25) is 10.0 Å². The molecule has 0 spiro atoms. The summed E-state index contributed by atoms with van der Waals surface area (Å²) in [6.45, 7) is 5.13. The molecule has 7 atom stereocenters. The van der Waals surface area contributed by atoms with E-state index in [1.54, 1.807) is 32.9 Å². The molecule has 2 aliphatic carbocycles. The van der Waals surface area contributed by atoms with Crippen LogP contribution in [0.25, 0.3) is 0 Å². The number of ether oxygens (including phenoxy) is 2. The second-order valence-electron chi connectivity index (χ2n) is 15.9. The maximum absolute atomic E-state index is 14.5. The van der Waals surface area contributed by atoms with Crippen LogP contribution in [0.5, 0.6) is 0 Å². The molecule has 304 valence electrons. The van der Waals surface area contributed by atoms with Crippen LogP contribution in [-0.2, 0) is 33.9 Å². The van der Waals surface area contributed by atoms with Crippen LogP contribution in [0.15, 0.2) is 59.3 Å². The van der Waals surface area contributed by atoms with Gasteiger partial charge in [0.05, 0.1) is 11.6 Å². The molecule has 5 amide bonds. The summed E-state index contributed by atoms with van der Waals surface area (Å²) >= 11 is 12.1. The third-order valence-electron chi connectivity index (χ3n) is 10.6. The Bertz CT molecular complexity index is 1970. The molecular weight excluding hydrogens is 792 g/mol. The van der Waals surface area contributed by atoms with Gasteiger partial charge in [-0.1, -0.05) is 60.3 Å². The molecule has 6 rings (SSSR count). The number of carbonyl (C=O) groups is 5. The van der Waals surface area contributed by atoms with Crippen molar-refractivity contribution >= 4 is 63.1 Å². The van der Waals surface area contributed by atoms with Crippen LogP contribution in [-0.4, -0.2) is 97.1 Å². The number of rotatable bonds is 5. The van der Waals surface area contributed by atoms with Crippen LogP contribution >= 0.6 is 23.2 Å². The van der Waals surface area contributed by atoms with Gasteiger partial charge in [-0.25, -0.2) is 27.1 Å². The Balaban J connectivity index is 1.27. The predicted octanol–water partition coefficient (Wildman–Crippen LogP) is 5.16. The molecule has 5 aliphatic rings. The van der Waals surface area contributed by atoms with Crippen molar-refractivity contribution in [3.63, 3.8) is 0 Å². The number of fused-ring (bicyclic) bond motifs is 3. The van der Waals surface area contributed by atoms with Crippen LogP contribution in [0, 0.1) is 17.8 Å². The highest BCUT2D eigenvalue weighted by molar-refractivity contribution is 7.90. The maximum Gasteiger partial charge on any atom is 0.410 e. The fraction of sp³-hybridized carbons (Fsp3) is 0.553. The first-order chi connectivity index (χ1) is 26.4. The number of nitrogens with zero attached hydrogens (tertiary/aromatic N) is 2. The van der Waals surface area contributed by atoms with Crippen molar-refractivity contribution in [3.05, 3.63) is 64.5 Å². The molecule has 2 unspecified atom stereocenters. The fourth-order valence-corrected chi connectivity index (χ4v) is 9.48. The molecule has 18 heteroatoms. The van der Waals surface area contributed by atoms with Crippen LogP contribution < -0.4 is 15.4 Å². The highest BCUT2D eigenvalue weighted by atomic mass is 35.5. The van der Waals surface area contributed by atoms with Gasteiger partial charge in [0.25, 0.3) is 15.9 Å². The molecule has 56 heavy (non-hydrogen) atoms. The maximum atomic E-state index is 14.5.